The van der Waals surface area contributed by atoms with Gasteiger partial charge in [-0.3, -0.25) is 14.2 Å². The van der Waals surface area contributed by atoms with Crippen LogP contribution < -0.4 is 10.9 Å². The maximum absolute atomic E-state index is 13.6. The molecule has 1 atom stereocenters. The molecule has 150 valence electrons. The lowest BCUT2D eigenvalue weighted by molar-refractivity contribution is -0.120. The molecule has 0 bridgehead atoms. The Morgan fingerprint density at radius 1 is 1.18 bits per heavy atom. The van der Waals surface area contributed by atoms with Gasteiger partial charge in [0.1, 0.15) is 4.83 Å². The summed E-state index contributed by atoms with van der Waals surface area (Å²) in [5.74, 6) is 0.0605. The summed E-state index contributed by atoms with van der Waals surface area (Å²) in [4.78, 5) is 33.3. The first kappa shape index (κ1) is 18.7. The van der Waals surface area contributed by atoms with Crippen LogP contribution in [0.4, 0.5) is 0 Å². The third-order valence-electron chi connectivity index (χ3n) is 6.25. The molecule has 2 heterocycles. The molecule has 0 aliphatic heterocycles. The van der Waals surface area contributed by atoms with E-state index in [1.54, 1.807) is 11.3 Å². The number of carbonyl (C=O) groups excluding carboxylic acids is 1. The van der Waals surface area contributed by atoms with Gasteiger partial charge in [0.05, 0.1) is 10.6 Å². The van der Waals surface area contributed by atoms with Gasteiger partial charge in [-0.15, -0.1) is 11.3 Å². The molecule has 0 unspecified atom stereocenters. The zero-order chi connectivity index (χ0) is 19.3. The number of amides is 1. The van der Waals surface area contributed by atoms with Crippen LogP contribution in [0.3, 0.4) is 0 Å². The number of carbonyl (C=O) groups is 1. The van der Waals surface area contributed by atoms with E-state index in [9.17, 15) is 9.59 Å². The molecule has 28 heavy (non-hydrogen) atoms. The molecule has 0 radical (unpaired) electrons. The predicted octanol–water partition coefficient (Wildman–Crippen LogP) is 4.21. The second kappa shape index (κ2) is 7.48. The number of hydrogen-bond donors (Lipinski definition) is 1. The summed E-state index contributed by atoms with van der Waals surface area (Å²) in [7, 11) is 0. The van der Waals surface area contributed by atoms with Crippen LogP contribution in [-0.2, 0) is 17.6 Å². The monoisotopic (exact) mass is 417 g/mol. The molecular formula is C21H27N3O2S2. The van der Waals surface area contributed by atoms with Crippen molar-refractivity contribution in [2.45, 2.75) is 93.6 Å². The minimum absolute atomic E-state index is 0.0605. The van der Waals surface area contributed by atoms with E-state index >= 15 is 0 Å². The van der Waals surface area contributed by atoms with Crippen molar-refractivity contribution in [1.29, 1.82) is 0 Å². The van der Waals surface area contributed by atoms with E-state index in [1.165, 1.54) is 41.5 Å². The highest BCUT2D eigenvalue weighted by atomic mass is 32.2. The van der Waals surface area contributed by atoms with E-state index in [0.29, 0.717) is 6.04 Å². The average Bonchev–Trinajstić information content (AvgIpc) is 3.18. The fourth-order valence-electron chi connectivity index (χ4n) is 4.52. The van der Waals surface area contributed by atoms with Gasteiger partial charge in [-0.2, -0.15) is 0 Å². The zero-order valence-electron chi connectivity index (χ0n) is 16.3. The van der Waals surface area contributed by atoms with Crippen LogP contribution in [0.2, 0.25) is 0 Å². The van der Waals surface area contributed by atoms with E-state index < -0.39 is 0 Å². The number of fused-ring (bicyclic) bond motifs is 3. The van der Waals surface area contributed by atoms with Crippen molar-refractivity contribution in [3.8, 4) is 0 Å². The molecule has 2 aromatic heterocycles. The van der Waals surface area contributed by atoms with Crippen molar-refractivity contribution in [3.63, 3.8) is 0 Å². The molecule has 0 saturated heterocycles. The fraction of sp³-hybridized carbons (Fsp3) is 0.667. The molecule has 0 spiro atoms. The standard InChI is InChI=1S/C21H27N3O2S2/c1-12(18(25)22-13-10-11-13)27-21-23-19-17(15-8-4-5-9-16(15)28-19)20(26)24(21)14-6-2-3-7-14/h12-14H,2-11H2,1H3,(H,22,25)/t12-/m1/s1. The molecule has 3 aliphatic rings. The maximum atomic E-state index is 13.6. The van der Waals surface area contributed by atoms with Gasteiger partial charge in [-0.25, -0.2) is 4.98 Å². The highest BCUT2D eigenvalue weighted by Crippen LogP contribution is 2.38. The predicted molar refractivity (Wildman–Crippen MR) is 115 cm³/mol. The summed E-state index contributed by atoms with van der Waals surface area (Å²) in [5, 5.41) is 4.44. The van der Waals surface area contributed by atoms with Crippen molar-refractivity contribution in [2.24, 2.45) is 0 Å². The van der Waals surface area contributed by atoms with E-state index in [0.717, 1.165) is 60.3 Å². The van der Waals surface area contributed by atoms with Gasteiger partial charge in [-0.1, -0.05) is 24.6 Å². The fourth-order valence-corrected chi connectivity index (χ4v) is 6.81. The van der Waals surface area contributed by atoms with Gasteiger partial charge in [-0.05, 0) is 63.9 Å². The van der Waals surface area contributed by atoms with Crippen molar-refractivity contribution in [1.82, 2.24) is 14.9 Å². The number of thiophene rings is 1. The Labute approximate surface area is 173 Å². The lowest BCUT2D eigenvalue weighted by Crippen LogP contribution is -2.33. The van der Waals surface area contributed by atoms with E-state index in [-0.39, 0.29) is 22.8 Å². The summed E-state index contributed by atoms with van der Waals surface area (Å²) in [5.41, 5.74) is 1.39. The van der Waals surface area contributed by atoms with Gasteiger partial charge in [0.25, 0.3) is 5.56 Å². The van der Waals surface area contributed by atoms with Gasteiger partial charge in [0.2, 0.25) is 5.91 Å². The molecule has 5 rings (SSSR count). The number of nitrogens with zero attached hydrogens (tertiary/aromatic N) is 2. The number of aromatic nitrogens is 2. The van der Waals surface area contributed by atoms with Gasteiger partial charge in [0.15, 0.2) is 5.16 Å². The molecule has 5 nitrogen and oxygen atoms in total. The van der Waals surface area contributed by atoms with Crippen molar-refractivity contribution in [3.05, 3.63) is 20.8 Å². The first-order valence-corrected chi connectivity index (χ1v) is 12.3. The number of rotatable bonds is 5. The first-order valence-electron chi connectivity index (χ1n) is 10.7. The quantitative estimate of drug-likeness (QED) is 0.585. The van der Waals surface area contributed by atoms with Crippen LogP contribution in [0.5, 0.6) is 0 Å². The average molecular weight is 418 g/mol. The molecule has 0 aromatic carbocycles. The van der Waals surface area contributed by atoms with Crippen molar-refractivity contribution in [2.75, 3.05) is 0 Å². The Kier molecular flexibility index (Phi) is 4.99. The van der Waals surface area contributed by atoms with Crippen LogP contribution in [0.25, 0.3) is 10.2 Å². The third kappa shape index (κ3) is 3.41. The Morgan fingerprint density at radius 3 is 2.68 bits per heavy atom. The molecule has 3 aliphatic carbocycles. The Morgan fingerprint density at radius 2 is 1.93 bits per heavy atom. The first-order chi connectivity index (χ1) is 13.6. The summed E-state index contributed by atoms with van der Waals surface area (Å²) in [6.45, 7) is 1.93. The minimum Gasteiger partial charge on any atom is -0.352 e. The van der Waals surface area contributed by atoms with E-state index in [2.05, 4.69) is 5.32 Å². The Balaban J connectivity index is 1.57. The van der Waals surface area contributed by atoms with Gasteiger partial charge < -0.3 is 5.32 Å². The van der Waals surface area contributed by atoms with Crippen LogP contribution in [0.1, 0.15) is 74.8 Å². The number of thioether (sulfide) groups is 1. The maximum Gasteiger partial charge on any atom is 0.263 e. The minimum atomic E-state index is -0.243. The van der Waals surface area contributed by atoms with Crippen LogP contribution in [-0.4, -0.2) is 26.8 Å². The lowest BCUT2D eigenvalue weighted by Gasteiger charge is -2.20. The van der Waals surface area contributed by atoms with Crippen LogP contribution in [0, 0.1) is 0 Å². The van der Waals surface area contributed by atoms with Crippen molar-refractivity contribution >= 4 is 39.2 Å². The lowest BCUT2D eigenvalue weighted by atomic mass is 9.97. The second-order valence-corrected chi connectivity index (χ2v) is 10.8. The number of nitrogens with one attached hydrogen (secondary N) is 1. The topological polar surface area (TPSA) is 64.0 Å². The van der Waals surface area contributed by atoms with Crippen LogP contribution in [0.15, 0.2) is 9.95 Å². The summed E-state index contributed by atoms with van der Waals surface area (Å²) in [6.07, 6.45) is 11.0. The van der Waals surface area contributed by atoms with Gasteiger partial charge in [0, 0.05) is 17.0 Å². The SMILES string of the molecule is C[C@@H](Sc1nc2sc3c(c2c(=O)n1C1CCCC1)CCCC3)C(=O)NC1CC1. The summed E-state index contributed by atoms with van der Waals surface area (Å²) >= 11 is 3.15. The highest BCUT2D eigenvalue weighted by molar-refractivity contribution is 8.00. The highest BCUT2D eigenvalue weighted by Gasteiger charge is 2.30. The molecule has 1 N–H and O–H groups in total. The number of hydrogen-bond acceptors (Lipinski definition) is 5. The van der Waals surface area contributed by atoms with Crippen molar-refractivity contribution < 1.29 is 4.79 Å². The summed E-state index contributed by atoms with van der Waals surface area (Å²) < 4.78 is 1.95. The molecule has 7 heteroatoms. The van der Waals surface area contributed by atoms with Crippen LogP contribution >= 0.6 is 23.1 Å². The molecular weight excluding hydrogens is 390 g/mol. The zero-order valence-corrected chi connectivity index (χ0v) is 18.0. The summed E-state index contributed by atoms with van der Waals surface area (Å²) in [6, 6.07) is 0.580. The van der Waals surface area contributed by atoms with E-state index in [4.69, 9.17) is 4.98 Å². The molecule has 1 amide bonds. The molecule has 2 saturated carbocycles. The normalized spacial score (nSPS) is 21.0. The Hall–Kier alpha value is -1.34. The third-order valence-corrected chi connectivity index (χ3v) is 8.51. The van der Waals surface area contributed by atoms with Gasteiger partial charge >= 0.3 is 0 Å². The molecule has 2 aromatic rings. The molecule has 2 fully saturated rings. The smallest absolute Gasteiger partial charge is 0.263 e. The second-order valence-electron chi connectivity index (χ2n) is 8.44. The largest absolute Gasteiger partial charge is 0.352 e. The van der Waals surface area contributed by atoms with E-state index in [1.807, 2.05) is 11.5 Å². The number of aryl methyl sites for hydroxylation is 2. The Bertz CT molecular complexity index is 970.